The summed E-state index contributed by atoms with van der Waals surface area (Å²) in [6.45, 7) is 6.85. The second kappa shape index (κ2) is 8.79. The van der Waals surface area contributed by atoms with Gasteiger partial charge in [-0.1, -0.05) is 25.1 Å². The fraction of sp³-hybridized carbons (Fsp3) is 0.455. The lowest BCUT2D eigenvalue weighted by molar-refractivity contribution is -0.133. The molecule has 1 aromatic carbocycles. The van der Waals surface area contributed by atoms with Gasteiger partial charge in [0, 0.05) is 39.8 Å². The lowest BCUT2D eigenvalue weighted by atomic mass is 10.3. The van der Waals surface area contributed by atoms with E-state index in [1.165, 1.54) is 0 Å². The maximum Gasteiger partial charge on any atom is 0.281 e. The van der Waals surface area contributed by atoms with Crippen LogP contribution in [0.15, 0.2) is 35.1 Å². The van der Waals surface area contributed by atoms with Gasteiger partial charge in [-0.15, -0.1) is 0 Å². The van der Waals surface area contributed by atoms with E-state index in [9.17, 15) is 9.59 Å². The zero-order chi connectivity index (χ0) is 22.0. The molecule has 1 fully saturated rings. The first-order chi connectivity index (χ1) is 15.0. The molecule has 0 radical (unpaired) electrons. The van der Waals surface area contributed by atoms with E-state index >= 15 is 0 Å². The summed E-state index contributed by atoms with van der Waals surface area (Å²) in [7, 11) is 1.77. The van der Waals surface area contributed by atoms with Crippen molar-refractivity contribution < 1.29 is 9.53 Å². The Hall–Kier alpha value is -3.36. The lowest BCUT2D eigenvalue weighted by Gasteiger charge is -2.36. The first-order valence-electron chi connectivity index (χ1n) is 10.6. The summed E-state index contributed by atoms with van der Waals surface area (Å²) < 4.78 is 8.94. The molecule has 0 N–H and O–H groups in total. The van der Waals surface area contributed by atoms with Gasteiger partial charge in [-0.05, 0) is 25.5 Å². The Morgan fingerprint density at radius 3 is 2.52 bits per heavy atom. The summed E-state index contributed by atoms with van der Waals surface area (Å²) in [5.74, 6) is 1.30. The van der Waals surface area contributed by atoms with Gasteiger partial charge >= 0.3 is 0 Å². The molecule has 9 nitrogen and oxygen atoms in total. The molecule has 164 valence electrons. The van der Waals surface area contributed by atoms with E-state index in [1.807, 2.05) is 44.2 Å². The molecule has 2 aromatic heterocycles. The minimum absolute atomic E-state index is 0.0175. The number of piperazine rings is 1. The number of carbonyl (C=O) groups is 1. The topological polar surface area (TPSA) is 85.5 Å². The summed E-state index contributed by atoms with van der Waals surface area (Å²) in [4.78, 5) is 34.4. The predicted octanol–water partition coefficient (Wildman–Crippen LogP) is 1.58. The smallest absolute Gasteiger partial charge is 0.281 e. The average molecular weight is 425 g/mol. The molecule has 3 aromatic rings. The Bertz CT molecular complexity index is 1130. The van der Waals surface area contributed by atoms with Gasteiger partial charge in [0.2, 0.25) is 5.95 Å². The van der Waals surface area contributed by atoms with Gasteiger partial charge in [-0.25, -0.2) is 4.98 Å². The molecule has 1 aliphatic rings. The lowest BCUT2D eigenvalue weighted by Crippen LogP contribution is -2.51. The van der Waals surface area contributed by atoms with Crippen molar-refractivity contribution in [2.24, 2.45) is 7.05 Å². The Kier molecular flexibility index (Phi) is 5.92. The fourth-order valence-corrected chi connectivity index (χ4v) is 3.98. The van der Waals surface area contributed by atoms with Crippen LogP contribution in [0.25, 0.3) is 11.0 Å². The quantitative estimate of drug-likeness (QED) is 0.597. The number of carbonyl (C=O) groups excluding carboxylic acids is 1. The SMILES string of the molecule is CCCn1c(N2CCN(C(=O)COc3ccccc3)CC2)nc2c(C)nn(C)c2c1=O. The van der Waals surface area contributed by atoms with Crippen LogP contribution in [0.1, 0.15) is 19.0 Å². The third-order valence-corrected chi connectivity index (χ3v) is 5.56. The minimum Gasteiger partial charge on any atom is -0.484 e. The van der Waals surface area contributed by atoms with Gasteiger partial charge in [0.25, 0.3) is 11.5 Å². The van der Waals surface area contributed by atoms with Crippen molar-refractivity contribution in [2.75, 3.05) is 37.7 Å². The van der Waals surface area contributed by atoms with E-state index in [2.05, 4.69) is 10.00 Å². The predicted molar refractivity (Wildman–Crippen MR) is 119 cm³/mol. The summed E-state index contributed by atoms with van der Waals surface area (Å²) in [6.07, 6.45) is 0.826. The number of nitrogens with zero attached hydrogens (tertiary/aromatic N) is 6. The van der Waals surface area contributed by atoms with Crippen molar-refractivity contribution in [1.29, 1.82) is 0 Å². The van der Waals surface area contributed by atoms with Crippen molar-refractivity contribution >= 4 is 22.9 Å². The van der Waals surface area contributed by atoms with Crippen LogP contribution in [0.2, 0.25) is 0 Å². The fourth-order valence-electron chi connectivity index (χ4n) is 3.98. The van der Waals surface area contributed by atoms with Gasteiger partial charge in [0.15, 0.2) is 12.1 Å². The molecule has 0 bridgehead atoms. The number of hydrogen-bond donors (Lipinski definition) is 0. The molecule has 1 aliphatic heterocycles. The molecule has 0 saturated carbocycles. The van der Waals surface area contributed by atoms with Crippen LogP contribution < -0.4 is 15.2 Å². The van der Waals surface area contributed by atoms with E-state index in [0.717, 1.165) is 12.1 Å². The van der Waals surface area contributed by atoms with E-state index in [4.69, 9.17) is 9.72 Å². The highest BCUT2D eigenvalue weighted by molar-refractivity contribution is 5.79. The van der Waals surface area contributed by atoms with Gasteiger partial charge in [0.05, 0.1) is 5.69 Å². The average Bonchev–Trinajstić information content (AvgIpc) is 3.08. The maximum absolute atomic E-state index is 13.2. The summed E-state index contributed by atoms with van der Waals surface area (Å²) in [5.41, 5.74) is 1.84. The van der Waals surface area contributed by atoms with Gasteiger partial charge in [-0.2, -0.15) is 5.10 Å². The first-order valence-corrected chi connectivity index (χ1v) is 10.6. The summed E-state index contributed by atoms with van der Waals surface area (Å²) in [5, 5.41) is 4.37. The number of benzene rings is 1. The number of aryl methyl sites for hydroxylation is 2. The molecule has 3 heterocycles. The number of aromatic nitrogens is 4. The van der Waals surface area contributed by atoms with Crippen LogP contribution in [0.5, 0.6) is 5.75 Å². The molecule has 0 spiro atoms. The van der Waals surface area contributed by atoms with Crippen molar-refractivity contribution in [3.63, 3.8) is 0 Å². The normalized spacial score (nSPS) is 14.3. The number of ether oxygens (including phenoxy) is 1. The Labute approximate surface area is 180 Å². The van der Waals surface area contributed by atoms with E-state index in [1.54, 1.807) is 21.2 Å². The molecular formula is C22H28N6O3. The Balaban J connectivity index is 1.49. The monoisotopic (exact) mass is 424 g/mol. The maximum atomic E-state index is 13.2. The number of amides is 1. The molecule has 0 unspecified atom stereocenters. The van der Waals surface area contributed by atoms with Crippen molar-refractivity contribution in [3.05, 3.63) is 46.4 Å². The number of para-hydroxylation sites is 1. The molecule has 0 atom stereocenters. The molecule has 31 heavy (non-hydrogen) atoms. The van der Waals surface area contributed by atoms with Gasteiger partial charge in [-0.3, -0.25) is 18.8 Å². The van der Waals surface area contributed by atoms with Crippen LogP contribution in [0.3, 0.4) is 0 Å². The van der Waals surface area contributed by atoms with Crippen LogP contribution in [-0.2, 0) is 18.4 Å². The van der Waals surface area contributed by atoms with E-state index < -0.39 is 0 Å². The zero-order valence-electron chi connectivity index (χ0n) is 18.2. The van der Waals surface area contributed by atoms with Gasteiger partial charge < -0.3 is 14.5 Å². The van der Waals surface area contributed by atoms with E-state index in [0.29, 0.717) is 55.5 Å². The highest BCUT2D eigenvalue weighted by Crippen LogP contribution is 2.19. The minimum atomic E-state index is -0.0697. The summed E-state index contributed by atoms with van der Waals surface area (Å²) in [6, 6.07) is 9.33. The van der Waals surface area contributed by atoms with Crippen LogP contribution in [0.4, 0.5) is 5.95 Å². The number of anilines is 1. The third kappa shape index (κ3) is 4.12. The molecule has 1 saturated heterocycles. The first kappa shape index (κ1) is 20.9. The molecular weight excluding hydrogens is 396 g/mol. The van der Waals surface area contributed by atoms with Crippen LogP contribution in [0, 0.1) is 6.92 Å². The van der Waals surface area contributed by atoms with Crippen molar-refractivity contribution in [2.45, 2.75) is 26.8 Å². The largest absolute Gasteiger partial charge is 0.484 e. The standard InChI is InChI=1S/C22H28N6O3/c1-4-10-28-21(30)20-19(16(2)24-25(20)3)23-22(28)27-13-11-26(12-14-27)18(29)15-31-17-8-6-5-7-9-17/h5-9H,4,10-15H2,1-3H3. The number of fused-ring (bicyclic) bond motifs is 1. The van der Waals surface area contributed by atoms with Crippen LogP contribution in [-0.4, -0.2) is 62.9 Å². The number of rotatable bonds is 6. The highest BCUT2D eigenvalue weighted by atomic mass is 16.5. The number of hydrogen-bond acceptors (Lipinski definition) is 6. The second-order valence-corrected chi connectivity index (χ2v) is 7.74. The van der Waals surface area contributed by atoms with Crippen molar-refractivity contribution in [3.8, 4) is 5.75 Å². The zero-order valence-corrected chi connectivity index (χ0v) is 18.2. The van der Waals surface area contributed by atoms with E-state index in [-0.39, 0.29) is 18.1 Å². The van der Waals surface area contributed by atoms with Gasteiger partial charge in [0.1, 0.15) is 11.3 Å². The molecule has 0 aliphatic carbocycles. The highest BCUT2D eigenvalue weighted by Gasteiger charge is 2.26. The summed E-state index contributed by atoms with van der Waals surface area (Å²) >= 11 is 0. The second-order valence-electron chi connectivity index (χ2n) is 7.74. The molecule has 9 heteroatoms. The Morgan fingerprint density at radius 2 is 1.84 bits per heavy atom. The Morgan fingerprint density at radius 1 is 1.13 bits per heavy atom. The van der Waals surface area contributed by atoms with Crippen molar-refractivity contribution in [1.82, 2.24) is 24.2 Å². The molecule has 4 rings (SSSR count). The molecule has 1 amide bonds. The van der Waals surface area contributed by atoms with Crippen LogP contribution >= 0.6 is 0 Å². The third-order valence-electron chi connectivity index (χ3n) is 5.56.